The Balaban J connectivity index is 1.43. The van der Waals surface area contributed by atoms with Gasteiger partial charge in [-0.05, 0) is 37.5 Å². The second-order valence-electron chi connectivity index (χ2n) is 7.13. The van der Waals surface area contributed by atoms with Crippen molar-refractivity contribution in [3.8, 4) is 0 Å². The summed E-state index contributed by atoms with van der Waals surface area (Å²) in [5.74, 6) is 2.25. The first-order chi connectivity index (χ1) is 12.7. The maximum Gasteiger partial charge on any atom is 0.225 e. The molecule has 7 heteroatoms. The van der Waals surface area contributed by atoms with Crippen molar-refractivity contribution >= 4 is 11.8 Å². The molecule has 2 aromatic rings. The fraction of sp³-hybridized carbons (Fsp3) is 0.579. The monoisotopic (exact) mass is 354 g/mol. The van der Waals surface area contributed by atoms with Crippen molar-refractivity contribution in [2.24, 2.45) is 5.92 Å². The molecule has 4 rings (SSSR count). The van der Waals surface area contributed by atoms with E-state index in [-0.39, 0.29) is 6.10 Å². The van der Waals surface area contributed by atoms with E-state index in [4.69, 9.17) is 4.74 Å². The molecular weight excluding hydrogens is 328 g/mol. The summed E-state index contributed by atoms with van der Waals surface area (Å²) in [7, 11) is 0. The summed E-state index contributed by atoms with van der Waals surface area (Å²) in [6, 6.07) is 4.08. The van der Waals surface area contributed by atoms with Crippen molar-refractivity contribution in [3.63, 3.8) is 0 Å². The number of hydrogen-bond donors (Lipinski definition) is 0. The minimum atomic E-state index is 0.210. The first-order valence-corrected chi connectivity index (χ1v) is 9.45. The van der Waals surface area contributed by atoms with Crippen molar-refractivity contribution in [2.75, 3.05) is 42.6 Å². The highest BCUT2D eigenvalue weighted by Gasteiger charge is 2.34. The molecular formula is C19H26N6O. The number of aromatic nitrogens is 4. The van der Waals surface area contributed by atoms with Gasteiger partial charge in [0.15, 0.2) is 5.82 Å². The van der Waals surface area contributed by atoms with Gasteiger partial charge in [0.1, 0.15) is 0 Å². The number of anilines is 2. The fourth-order valence-corrected chi connectivity index (χ4v) is 3.70. The summed E-state index contributed by atoms with van der Waals surface area (Å²) in [6.07, 6.45) is 6.10. The maximum atomic E-state index is 6.19. The molecule has 0 amide bonds. The second-order valence-corrected chi connectivity index (χ2v) is 7.13. The molecule has 4 heterocycles. The quantitative estimate of drug-likeness (QED) is 0.833. The van der Waals surface area contributed by atoms with Crippen molar-refractivity contribution in [3.05, 3.63) is 35.8 Å². The van der Waals surface area contributed by atoms with Gasteiger partial charge in [0.05, 0.1) is 18.4 Å². The lowest BCUT2D eigenvalue weighted by molar-refractivity contribution is 0.0249. The highest BCUT2D eigenvalue weighted by atomic mass is 16.5. The average molecular weight is 354 g/mol. The molecule has 0 aliphatic carbocycles. The van der Waals surface area contributed by atoms with E-state index in [2.05, 4.69) is 43.0 Å². The van der Waals surface area contributed by atoms with Crippen LogP contribution in [0.4, 0.5) is 11.8 Å². The van der Waals surface area contributed by atoms with Gasteiger partial charge < -0.3 is 14.5 Å². The summed E-state index contributed by atoms with van der Waals surface area (Å²) < 4.78 is 6.19. The third-order valence-electron chi connectivity index (χ3n) is 5.33. The molecule has 0 unspecified atom stereocenters. The number of hydrogen-bond acceptors (Lipinski definition) is 7. The van der Waals surface area contributed by atoms with Crippen LogP contribution >= 0.6 is 0 Å². The highest BCUT2D eigenvalue weighted by molar-refractivity contribution is 5.38. The van der Waals surface area contributed by atoms with E-state index in [9.17, 15) is 0 Å². The first kappa shape index (κ1) is 17.1. The molecule has 2 aromatic heterocycles. The van der Waals surface area contributed by atoms with Crippen LogP contribution in [-0.2, 0) is 11.2 Å². The number of piperidine rings is 1. The SMILES string of the molecule is CCc1cnc(N2CC[C@@H]3CN(c4ccc(C)nn4)CCO[C@H]3C2)nc1. The summed E-state index contributed by atoms with van der Waals surface area (Å²) in [5.41, 5.74) is 2.12. The molecule has 0 bridgehead atoms. The van der Waals surface area contributed by atoms with Gasteiger partial charge in [0.25, 0.3) is 0 Å². The maximum absolute atomic E-state index is 6.19. The number of rotatable bonds is 3. The summed E-state index contributed by atoms with van der Waals surface area (Å²) >= 11 is 0. The molecule has 0 spiro atoms. The van der Waals surface area contributed by atoms with Gasteiger partial charge in [-0.15, -0.1) is 5.10 Å². The van der Waals surface area contributed by atoms with Crippen LogP contribution in [-0.4, -0.2) is 59.1 Å². The summed E-state index contributed by atoms with van der Waals surface area (Å²) in [6.45, 7) is 8.42. The van der Waals surface area contributed by atoms with E-state index in [1.54, 1.807) is 0 Å². The molecule has 7 nitrogen and oxygen atoms in total. The van der Waals surface area contributed by atoms with Crippen molar-refractivity contribution in [1.29, 1.82) is 0 Å². The zero-order valence-electron chi connectivity index (χ0n) is 15.5. The lowest BCUT2D eigenvalue weighted by Crippen LogP contribution is -2.47. The topological polar surface area (TPSA) is 67.3 Å². The van der Waals surface area contributed by atoms with Gasteiger partial charge in [-0.25, -0.2) is 9.97 Å². The molecule has 138 valence electrons. The molecule has 26 heavy (non-hydrogen) atoms. The fourth-order valence-electron chi connectivity index (χ4n) is 3.70. The van der Waals surface area contributed by atoms with Crippen molar-refractivity contribution in [1.82, 2.24) is 20.2 Å². The van der Waals surface area contributed by atoms with Crippen LogP contribution in [0.25, 0.3) is 0 Å². The molecule has 0 saturated carbocycles. The Morgan fingerprint density at radius 3 is 2.65 bits per heavy atom. The average Bonchev–Trinajstić information content (AvgIpc) is 2.90. The molecule has 0 radical (unpaired) electrons. The molecule has 0 N–H and O–H groups in total. The van der Waals surface area contributed by atoms with Gasteiger partial charge in [-0.1, -0.05) is 6.92 Å². The zero-order valence-corrected chi connectivity index (χ0v) is 15.5. The van der Waals surface area contributed by atoms with E-state index in [0.29, 0.717) is 12.5 Å². The molecule has 2 aliphatic rings. The number of aryl methyl sites for hydroxylation is 2. The van der Waals surface area contributed by atoms with Crippen LogP contribution in [0.5, 0.6) is 0 Å². The summed E-state index contributed by atoms with van der Waals surface area (Å²) in [4.78, 5) is 13.6. The van der Waals surface area contributed by atoms with E-state index >= 15 is 0 Å². The third kappa shape index (κ3) is 3.62. The Morgan fingerprint density at radius 2 is 1.92 bits per heavy atom. The Hall–Kier alpha value is -2.28. The highest BCUT2D eigenvalue weighted by Crippen LogP contribution is 2.27. The molecule has 2 fully saturated rings. The Labute approximate surface area is 154 Å². The van der Waals surface area contributed by atoms with Crippen LogP contribution < -0.4 is 9.80 Å². The van der Waals surface area contributed by atoms with Gasteiger partial charge in [0.2, 0.25) is 5.95 Å². The van der Waals surface area contributed by atoms with Crippen LogP contribution in [0.1, 0.15) is 24.6 Å². The number of fused-ring (bicyclic) bond motifs is 1. The van der Waals surface area contributed by atoms with E-state index < -0.39 is 0 Å². The third-order valence-corrected chi connectivity index (χ3v) is 5.33. The predicted octanol–water partition coefficient (Wildman–Crippen LogP) is 1.87. The predicted molar refractivity (Wildman–Crippen MR) is 100 cm³/mol. The lowest BCUT2D eigenvalue weighted by atomic mass is 9.93. The largest absolute Gasteiger partial charge is 0.374 e. The van der Waals surface area contributed by atoms with Crippen LogP contribution in [0.3, 0.4) is 0 Å². The zero-order chi connectivity index (χ0) is 17.9. The summed E-state index contributed by atoms with van der Waals surface area (Å²) in [5, 5.41) is 8.55. The van der Waals surface area contributed by atoms with Gasteiger partial charge in [-0.2, -0.15) is 5.10 Å². The van der Waals surface area contributed by atoms with Gasteiger partial charge in [-0.3, -0.25) is 0 Å². The molecule has 2 atom stereocenters. The number of nitrogens with zero attached hydrogens (tertiary/aromatic N) is 6. The van der Waals surface area contributed by atoms with E-state index in [0.717, 1.165) is 56.5 Å². The van der Waals surface area contributed by atoms with Gasteiger partial charge >= 0.3 is 0 Å². The Kier molecular flexibility index (Phi) is 4.97. The smallest absolute Gasteiger partial charge is 0.225 e. The van der Waals surface area contributed by atoms with Crippen molar-refractivity contribution in [2.45, 2.75) is 32.8 Å². The minimum absolute atomic E-state index is 0.210. The van der Waals surface area contributed by atoms with Crippen LogP contribution in [0, 0.1) is 12.8 Å². The normalized spacial score (nSPS) is 23.5. The van der Waals surface area contributed by atoms with Crippen molar-refractivity contribution < 1.29 is 4.74 Å². The Bertz CT molecular complexity index is 720. The second kappa shape index (κ2) is 7.53. The molecule has 0 aromatic carbocycles. The first-order valence-electron chi connectivity index (χ1n) is 9.45. The van der Waals surface area contributed by atoms with Crippen LogP contribution in [0.2, 0.25) is 0 Å². The van der Waals surface area contributed by atoms with Crippen LogP contribution in [0.15, 0.2) is 24.5 Å². The number of ether oxygens (including phenoxy) is 1. The van der Waals surface area contributed by atoms with E-state index in [1.165, 1.54) is 5.56 Å². The minimum Gasteiger partial charge on any atom is -0.374 e. The Morgan fingerprint density at radius 1 is 1.08 bits per heavy atom. The molecule has 2 aliphatic heterocycles. The molecule has 2 saturated heterocycles. The standard InChI is InChI=1S/C19H26N6O/c1-3-15-10-20-19(21-11-15)25-7-6-16-12-24(8-9-26-17(16)13-25)18-5-4-14(2)22-23-18/h4-5,10-11,16-17H,3,6-9,12-13H2,1-2H3/t16-,17+/m1/s1. The lowest BCUT2D eigenvalue weighted by Gasteiger charge is -2.38. The van der Waals surface area contributed by atoms with E-state index in [1.807, 2.05) is 25.4 Å². The van der Waals surface area contributed by atoms with Gasteiger partial charge in [0, 0.05) is 44.5 Å².